The first kappa shape index (κ1) is 19.5. The number of carbonyl (C=O) groups is 1. The normalized spacial score (nSPS) is 18.0. The molecule has 0 spiro atoms. The molecule has 1 aromatic rings. The maximum absolute atomic E-state index is 12.1. The number of hydrogen-bond donors (Lipinski definition) is 1. The van der Waals surface area contributed by atoms with Gasteiger partial charge in [0.25, 0.3) is 0 Å². The Bertz CT molecular complexity index is 575. The van der Waals surface area contributed by atoms with Gasteiger partial charge < -0.3 is 15.0 Å². The molecule has 2 rings (SSSR count). The standard InChI is InChI=1S/C18H26BrClN2O2/c1-18(2,3)24-17(23)22-9-7-13(12-22)6-8-21-11-14-10-15(20)4-5-16(14)19/h4-5,10,13,21H,6-9,11-12H2,1-3H3. The summed E-state index contributed by atoms with van der Waals surface area (Å²) >= 11 is 9.57. The number of benzene rings is 1. The number of hydrogen-bond acceptors (Lipinski definition) is 3. The fourth-order valence-corrected chi connectivity index (χ4v) is 3.35. The van der Waals surface area contributed by atoms with E-state index >= 15 is 0 Å². The fraction of sp³-hybridized carbons (Fsp3) is 0.611. The Labute approximate surface area is 158 Å². The monoisotopic (exact) mass is 416 g/mol. The van der Waals surface area contributed by atoms with Gasteiger partial charge in [-0.3, -0.25) is 0 Å². The Balaban J connectivity index is 1.69. The molecule has 134 valence electrons. The highest BCUT2D eigenvalue weighted by atomic mass is 79.9. The van der Waals surface area contributed by atoms with E-state index in [2.05, 4.69) is 21.2 Å². The lowest BCUT2D eigenvalue weighted by molar-refractivity contribution is 0.0287. The molecule has 1 heterocycles. The zero-order chi connectivity index (χ0) is 17.7. The summed E-state index contributed by atoms with van der Waals surface area (Å²) in [6, 6.07) is 5.81. The number of carbonyl (C=O) groups excluding carboxylic acids is 1. The molecule has 1 aliphatic heterocycles. The minimum Gasteiger partial charge on any atom is -0.444 e. The van der Waals surface area contributed by atoms with Crippen molar-refractivity contribution in [1.29, 1.82) is 0 Å². The molecule has 1 atom stereocenters. The van der Waals surface area contributed by atoms with Gasteiger partial charge in [0, 0.05) is 29.1 Å². The van der Waals surface area contributed by atoms with Crippen LogP contribution in [0.25, 0.3) is 0 Å². The lowest BCUT2D eigenvalue weighted by atomic mass is 10.1. The van der Waals surface area contributed by atoms with Crippen molar-refractivity contribution < 1.29 is 9.53 Å². The van der Waals surface area contributed by atoms with Gasteiger partial charge in [0.15, 0.2) is 0 Å². The minimum atomic E-state index is -0.429. The number of halogens is 2. The van der Waals surface area contributed by atoms with Gasteiger partial charge in [0.05, 0.1) is 0 Å². The van der Waals surface area contributed by atoms with Crippen molar-refractivity contribution in [2.24, 2.45) is 5.92 Å². The quantitative estimate of drug-likeness (QED) is 0.697. The first-order chi connectivity index (χ1) is 11.2. The van der Waals surface area contributed by atoms with Crippen LogP contribution >= 0.6 is 27.5 Å². The molecule has 0 aromatic heterocycles. The van der Waals surface area contributed by atoms with Crippen molar-refractivity contribution in [1.82, 2.24) is 10.2 Å². The number of likely N-dealkylation sites (tertiary alicyclic amines) is 1. The molecule has 6 heteroatoms. The maximum Gasteiger partial charge on any atom is 0.410 e. The lowest BCUT2D eigenvalue weighted by Crippen LogP contribution is -2.35. The van der Waals surface area contributed by atoms with Crippen molar-refractivity contribution in [3.8, 4) is 0 Å². The third-order valence-electron chi connectivity index (χ3n) is 3.99. The molecular weight excluding hydrogens is 392 g/mol. The van der Waals surface area contributed by atoms with Crippen molar-refractivity contribution in [3.05, 3.63) is 33.3 Å². The average molecular weight is 418 g/mol. The van der Waals surface area contributed by atoms with E-state index in [1.54, 1.807) is 0 Å². The zero-order valence-electron chi connectivity index (χ0n) is 14.6. The van der Waals surface area contributed by atoms with Crippen LogP contribution in [0.2, 0.25) is 5.02 Å². The van der Waals surface area contributed by atoms with Crippen molar-refractivity contribution in [3.63, 3.8) is 0 Å². The van der Waals surface area contributed by atoms with E-state index in [9.17, 15) is 4.79 Å². The van der Waals surface area contributed by atoms with Crippen LogP contribution < -0.4 is 5.32 Å². The molecule has 1 aliphatic rings. The predicted molar refractivity (Wildman–Crippen MR) is 101 cm³/mol. The van der Waals surface area contributed by atoms with E-state index in [1.807, 2.05) is 43.9 Å². The summed E-state index contributed by atoms with van der Waals surface area (Å²) in [6.45, 7) is 8.98. The molecule has 4 nitrogen and oxygen atoms in total. The Kier molecular flexibility index (Phi) is 6.96. The number of nitrogens with one attached hydrogen (secondary N) is 1. The van der Waals surface area contributed by atoms with Crippen molar-refractivity contribution >= 4 is 33.6 Å². The number of nitrogens with zero attached hydrogens (tertiary/aromatic N) is 1. The Morgan fingerprint density at radius 1 is 1.46 bits per heavy atom. The van der Waals surface area contributed by atoms with Gasteiger partial charge in [-0.15, -0.1) is 0 Å². The highest BCUT2D eigenvalue weighted by Crippen LogP contribution is 2.23. The number of rotatable bonds is 5. The summed E-state index contributed by atoms with van der Waals surface area (Å²) in [7, 11) is 0. The molecule has 0 radical (unpaired) electrons. The Morgan fingerprint density at radius 3 is 2.92 bits per heavy atom. The van der Waals surface area contributed by atoms with Gasteiger partial charge in [-0.25, -0.2) is 4.79 Å². The smallest absolute Gasteiger partial charge is 0.410 e. The summed E-state index contributed by atoms with van der Waals surface area (Å²) in [5.74, 6) is 0.535. The Morgan fingerprint density at radius 2 is 2.21 bits per heavy atom. The third-order valence-corrected chi connectivity index (χ3v) is 5.00. The molecule has 0 saturated carbocycles. The van der Waals surface area contributed by atoms with Gasteiger partial charge >= 0.3 is 6.09 Å². The van der Waals surface area contributed by atoms with E-state index < -0.39 is 5.60 Å². The minimum absolute atomic E-state index is 0.194. The van der Waals surface area contributed by atoms with E-state index in [1.165, 1.54) is 0 Å². The summed E-state index contributed by atoms with van der Waals surface area (Å²) in [5, 5.41) is 4.20. The highest BCUT2D eigenvalue weighted by Gasteiger charge is 2.29. The largest absolute Gasteiger partial charge is 0.444 e. The summed E-state index contributed by atoms with van der Waals surface area (Å²) in [4.78, 5) is 13.9. The average Bonchev–Trinajstić information content (AvgIpc) is 2.94. The van der Waals surface area contributed by atoms with Crippen LogP contribution in [0.1, 0.15) is 39.2 Å². The number of ether oxygens (including phenoxy) is 1. The molecular formula is C18H26BrClN2O2. The molecule has 0 bridgehead atoms. The molecule has 1 unspecified atom stereocenters. The third kappa shape index (κ3) is 6.26. The molecule has 24 heavy (non-hydrogen) atoms. The second kappa shape index (κ2) is 8.54. The first-order valence-electron chi connectivity index (χ1n) is 8.37. The second-order valence-corrected chi connectivity index (χ2v) is 8.57. The van der Waals surface area contributed by atoms with Crippen LogP contribution in [0.4, 0.5) is 4.79 Å². The van der Waals surface area contributed by atoms with Crippen LogP contribution in [0.5, 0.6) is 0 Å². The first-order valence-corrected chi connectivity index (χ1v) is 9.54. The van der Waals surface area contributed by atoms with Crippen LogP contribution in [-0.2, 0) is 11.3 Å². The Hall–Kier alpha value is -0.780. The van der Waals surface area contributed by atoms with Crippen LogP contribution in [-0.4, -0.2) is 36.2 Å². The van der Waals surface area contributed by atoms with Crippen molar-refractivity contribution in [2.75, 3.05) is 19.6 Å². The van der Waals surface area contributed by atoms with Crippen LogP contribution in [0.15, 0.2) is 22.7 Å². The maximum atomic E-state index is 12.1. The summed E-state index contributed by atoms with van der Waals surface area (Å²) in [6.07, 6.45) is 1.90. The van der Waals surface area contributed by atoms with Crippen molar-refractivity contribution in [2.45, 2.75) is 45.8 Å². The van der Waals surface area contributed by atoms with Gasteiger partial charge in [0.2, 0.25) is 0 Å². The topological polar surface area (TPSA) is 41.6 Å². The lowest BCUT2D eigenvalue weighted by Gasteiger charge is -2.24. The molecule has 1 N–H and O–H groups in total. The molecule has 1 aromatic carbocycles. The van der Waals surface area contributed by atoms with E-state index in [4.69, 9.17) is 16.3 Å². The molecule has 0 aliphatic carbocycles. The van der Waals surface area contributed by atoms with E-state index in [0.717, 1.165) is 54.1 Å². The van der Waals surface area contributed by atoms with Crippen LogP contribution in [0, 0.1) is 5.92 Å². The van der Waals surface area contributed by atoms with Crippen LogP contribution in [0.3, 0.4) is 0 Å². The fourth-order valence-electron chi connectivity index (χ4n) is 2.77. The highest BCUT2D eigenvalue weighted by molar-refractivity contribution is 9.10. The predicted octanol–water partition coefficient (Wildman–Crippen LogP) is 4.84. The summed E-state index contributed by atoms with van der Waals surface area (Å²) < 4.78 is 6.50. The van der Waals surface area contributed by atoms with Gasteiger partial charge in [-0.05, 0) is 69.8 Å². The molecule has 1 fully saturated rings. The number of amides is 1. The second-order valence-electron chi connectivity index (χ2n) is 7.28. The van der Waals surface area contributed by atoms with E-state index in [-0.39, 0.29) is 6.09 Å². The zero-order valence-corrected chi connectivity index (χ0v) is 16.9. The van der Waals surface area contributed by atoms with Gasteiger partial charge in [-0.1, -0.05) is 27.5 Å². The SMILES string of the molecule is CC(C)(C)OC(=O)N1CCC(CCNCc2cc(Cl)ccc2Br)C1. The molecule has 1 saturated heterocycles. The van der Waals surface area contributed by atoms with Gasteiger partial charge in [-0.2, -0.15) is 0 Å². The van der Waals surface area contributed by atoms with Gasteiger partial charge in [0.1, 0.15) is 5.60 Å². The molecule has 1 amide bonds. The summed E-state index contributed by atoms with van der Waals surface area (Å²) in [5.41, 5.74) is 0.727. The van der Waals surface area contributed by atoms with E-state index in [0.29, 0.717) is 5.92 Å².